The minimum atomic E-state index is -3.54. The van der Waals surface area contributed by atoms with Crippen LogP contribution in [0.2, 0.25) is 5.02 Å². The lowest BCUT2D eigenvalue weighted by Gasteiger charge is -2.25. The Kier molecular flexibility index (Phi) is 6.16. The third-order valence-corrected chi connectivity index (χ3v) is 7.30. The van der Waals surface area contributed by atoms with Crippen molar-refractivity contribution in [2.75, 3.05) is 26.3 Å². The van der Waals surface area contributed by atoms with Crippen LogP contribution < -0.4 is 0 Å². The van der Waals surface area contributed by atoms with Crippen molar-refractivity contribution in [3.63, 3.8) is 0 Å². The number of morpholine rings is 1. The average molecular weight is 453 g/mol. The molecule has 0 atom stereocenters. The Bertz CT molecular complexity index is 1070. The summed E-state index contributed by atoms with van der Waals surface area (Å²) < 4.78 is 37.1. The number of halogens is 1. The fourth-order valence-corrected chi connectivity index (χ4v) is 4.87. The van der Waals surface area contributed by atoms with Gasteiger partial charge in [0.1, 0.15) is 4.90 Å². The Morgan fingerprint density at radius 3 is 2.55 bits per heavy atom. The first-order valence-electron chi connectivity index (χ1n) is 8.78. The smallest absolute Gasteiger partial charge is 0.257 e. The molecule has 8 nitrogen and oxygen atoms in total. The van der Waals surface area contributed by atoms with Gasteiger partial charge in [0, 0.05) is 29.9 Å². The summed E-state index contributed by atoms with van der Waals surface area (Å²) >= 11 is 7.28. The summed E-state index contributed by atoms with van der Waals surface area (Å²) in [5.41, 5.74) is 0.786. The van der Waals surface area contributed by atoms with Crippen molar-refractivity contribution in [1.82, 2.24) is 19.4 Å². The van der Waals surface area contributed by atoms with Crippen LogP contribution in [-0.4, -0.2) is 54.2 Å². The Hall–Kier alpha value is -1.98. The largest absolute Gasteiger partial charge is 0.379 e. The van der Waals surface area contributed by atoms with Crippen LogP contribution in [0, 0.1) is 0 Å². The number of hydrogen-bond acceptors (Lipinski definition) is 8. The molecule has 0 amide bonds. The predicted molar refractivity (Wildman–Crippen MR) is 108 cm³/mol. The van der Waals surface area contributed by atoms with Crippen LogP contribution in [-0.2, 0) is 20.5 Å². The van der Waals surface area contributed by atoms with E-state index in [1.54, 1.807) is 24.3 Å². The molecule has 0 saturated carbocycles. The van der Waals surface area contributed by atoms with Crippen LogP contribution >= 0.6 is 23.4 Å². The van der Waals surface area contributed by atoms with E-state index in [1.165, 1.54) is 22.3 Å². The molecule has 0 radical (unpaired) electrons. The number of benzene rings is 1. The summed E-state index contributed by atoms with van der Waals surface area (Å²) in [6, 6.07) is 10.4. The molecule has 1 saturated heterocycles. The summed E-state index contributed by atoms with van der Waals surface area (Å²) in [5.74, 6) is 1.38. The molecule has 4 rings (SSSR count). The zero-order valence-electron chi connectivity index (χ0n) is 15.2. The molecule has 0 N–H and O–H groups in total. The summed E-state index contributed by atoms with van der Waals surface area (Å²) in [7, 11) is -3.54. The number of thioether (sulfide) groups is 1. The number of aromatic nitrogens is 3. The molecule has 29 heavy (non-hydrogen) atoms. The van der Waals surface area contributed by atoms with Crippen molar-refractivity contribution in [2.24, 2.45) is 0 Å². The molecule has 0 aliphatic carbocycles. The summed E-state index contributed by atoms with van der Waals surface area (Å²) in [4.78, 5) is 8.79. The predicted octanol–water partition coefficient (Wildman–Crippen LogP) is 3.10. The molecule has 0 unspecified atom stereocenters. The van der Waals surface area contributed by atoms with Crippen LogP contribution in [0.25, 0.3) is 11.5 Å². The fourth-order valence-electron chi connectivity index (χ4n) is 2.70. The molecule has 0 spiro atoms. The zero-order valence-corrected chi connectivity index (χ0v) is 17.6. The van der Waals surface area contributed by atoms with E-state index in [0.717, 1.165) is 5.56 Å². The standard InChI is InChI=1S/C18H17ClN4O4S2/c19-14-3-1-13(2-4-14)18-21-16(22-27-18)12-28-17-6-5-15(11-20-17)29(24,25)23-7-9-26-10-8-23/h1-6,11H,7-10,12H2. The van der Waals surface area contributed by atoms with Crippen molar-refractivity contribution in [3.8, 4) is 11.5 Å². The lowest BCUT2D eigenvalue weighted by atomic mass is 10.2. The van der Waals surface area contributed by atoms with E-state index in [2.05, 4.69) is 15.1 Å². The Morgan fingerprint density at radius 1 is 1.10 bits per heavy atom. The molecule has 1 aromatic carbocycles. The number of nitrogens with zero attached hydrogens (tertiary/aromatic N) is 4. The Balaban J connectivity index is 1.39. The van der Waals surface area contributed by atoms with Crippen molar-refractivity contribution in [1.29, 1.82) is 0 Å². The van der Waals surface area contributed by atoms with Gasteiger partial charge in [-0.05, 0) is 36.4 Å². The topological polar surface area (TPSA) is 98.4 Å². The minimum absolute atomic E-state index is 0.174. The van der Waals surface area contributed by atoms with E-state index < -0.39 is 10.0 Å². The van der Waals surface area contributed by atoms with Gasteiger partial charge in [-0.1, -0.05) is 28.5 Å². The number of sulfonamides is 1. The van der Waals surface area contributed by atoms with Crippen molar-refractivity contribution < 1.29 is 17.7 Å². The molecule has 3 aromatic rings. The van der Waals surface area contributed by atoms with E-state index in [0.29, 0.717) is 53.8 Å². The molecular weight excluding hydrogens is 436 g/mol. The molecule has 152 valence electrons. The van der Waals surface area contributed by atoms with Crippen LogP contribution in [0.4, 0.5) is 0 Å². The van der Waals surface area contributed by atoms with E-state index in [9.17, 15) is 8.42 Å². The number of hydrogen-bond donors (Lipinski definition) is 0. The summed E-state index contributed by atoms with van der Waals surface area (Å²) in [6.07, 6.45) is 1.38. The molecule has 11 heteroatoms. The normalized spacial score (nSPS) is 15.5. The minimum Gasteiger partial charge on any atom is -0.379 e. The van der Waals surface area contributed by atoms with Gasteiger partial charge in [-0.25, -0.2) is 13.4 Å². The lowest BCUT2D eigenvalue weighted by Crippen LogP contribution is -2.40. The first-order chi connectivity index (χ1) is 14.0. The Morgan fingerprint density at radius 2 is 1.86 bits per heavy atom. The van der Waals surface area contributed by atoms with E-state index >= 15 is 0 Å². The average Bonchev–Trinajstić information content (AvgIpc) is 3.23. The van der Waals surface area contributed by atoms with Crippen LogP contribution in [0.15, 0.2) is 57.0 Å². The van der Waals surface area contributed by atoms with E-state index in [1.807, 2.05) is 12.1 Å². The number of ether oxygens (including phenoxy) is 1. The first-order valence-corrected chi connectivity index (χ1v) is 11.6. The highest BCUT2D eigenvalue weighted by atomic mass is 35.5. The molecular formula is C18H17ClN4O4S2. The highest BCUT2D eigenvalue weighted by Gasteiger charge is 2.26. The zero-order chi connectivity index (χ0) is 20.3. The van der Waals surface area contributed by atoms with Gasteiger partial charge in [0.25, 0.3) is 5.89 Å². The molecule has 3 heterocycles. The van der Waals surface area contributed by atoms with Gasteiger partial charge < -0.3 is 9.26 Å². The maximum absolute atomic E-state index is 12.6. The van der Waals surface area contributed by atoms with Gasteiger partial charge >= 0.3 is 0 Å². The van der Waals surface area contributed by atoms with E-state index in [4.69, 9.17) is 20.9 Å². The van der Waals surface area contributed by atoms with Gasteiger partial charge in [-0.3, -0.25) is 0 Å². The molecule has 1 aliphatic heterocycles. The maximum atomic E-state index is 12.6. The highest BCUT2D eigenvalue weighted by molar-refractivity contribution is 7.98. The molecule has 1 aliphatic rings. The second kappa shape index (κ2) is 8.80. The fraction of sp³-hybridized carbons (Fsp3) is 0.278. The first kappa shape index (κ1) is 20.3. The summed E-state index contributed by atoms with van der Waals surface area (Å²) in [5, 5.41) is 5.27. The van der Waals surface area contributed by atoms with E-state index in [-0.39, 0.29) is 4.90 Å². The van der Waals surface area contributed by atoms with Crippen LogP contribution in [0.1, 0.15) is 5.82 Å². The second-order valence-electron chi connectivity index (χ2n) is 6.16. The maximum Gasteiger partial charge on any atom is 0.257 e. The SMILES string of the molecule is O=S(=O)(c1ccc(SCc2noc(-c3ccc(Cl)cc3)n2)nc1)N1CCOCC1. The van der Waals surface area contributed by atoms with Gasteiger partial charge in [-0.15, -0.1) is 0 Å². The number of pyridine rings is 1. The van der Waals surface area contributed by atoms with Gasteiger partial charge in [0.15, 0.2) is 5.82 Å². The molecule has 1 fully saturated rings. The lowest BCUT2D eigenvalue weighted by molar-refractivity contribution is 0.0730. The van der Waals surface area contributed by atoms with Crippen LogP contribution in [0.3, 0.4) is 0 Å². The Labute approximate surface area is 177 Å². The number of rotatable bonds is 6. The summed E-state index contributed by atoms with van der Waals surface area (Å²) in [6.45, 7) is 1.52. The molecule has 2 aromatic heterocycles. The second-order valence-corrected chi connectivity index (χ2v) is 9.53. The van der Waals surface area contributed by atoms with Gasteiger partial charge in [-0.2, -0.15) is 9.29 Å². The third-order valence-electron chi connectivity index (χ3n) is 4.23. The van der Waals surface area contributed by atoms with Crippen LogP contribution in [0.5, 0.6) is 0 Å². The third kappa shape index (κ3) is 4.78. The highest BCUT2D eigenvalue weighted by Crippen LogP contribution is 2.24. The monoisotopic (exact) mass is 452 g/mol. The quantitative estimate of drug-likeness (QED) is 0.526. The van der Waals surface area contributed by atoms with Crippen molar-refractivity contribution in [3.05, 3.63) is 53.4 Å². The van der Waals surface area contributed by atoms with Crippen molar-refractivity contribution in [2.45, 2.75) is 15.7 Å². The van der Waals surface area contributed by atoms with Gasteiger partial charge in [0.2, 0.25) is 10.0 Å². The molecule has 0 bridgehead atoms. The van der Waals surface area contributed by atoms with Gasteiger partial charge in [0.05, 0.1) is 24.0 Å². The van der Waals surface area contributed by atoms with Crippen molar-refractivity contribution >= 4 is 33.4 Å².